The van der Waals surface area contributed by atoms with E-state index in [0.29, 0.717) is 18.3 Å². The summed E-state index contributed by atoms with van der Waals surface area (Å²) in [7, 11) is -3.98. The number of hydrogen-bond acceptors (Lipinski definition) is 4. The first kappa shape index (κ1) is 20.8. The van der Waals surface area contributed by atoms with E-state index in [-0.39, 0.29) is 18.2 Å². The van der Waals surface area contributed by atoms with E-state index in [1.807, 2.05) is 5.32 Å². The van der Waals surface area contributed by atoms with E-state index < -0.39 is 43.9 Å². The smallest absolute Gasteiger partial charge is 0.360 e. The maximum absolute atomic E-state index is 12.7. The van der Waals surface area contributed by atoms with E-state index in [9.17, 15) is 34.8 Å². The van der Waals surface area contributed by atoms with Gasteiger partial charge in [0.1, 0.15) is 6.07 Å². The molecule has 0 heterocycles. The molecule has 0 bridgehead atoms. The van der Waals surface area contributed by atoms with Gasteiger partial charge in [-0.25, -0.2) is 8.42 Å². The number of allylic oxidation sites excluding steroid dienone is 1. The summed E-state index contributed by atoms with van der Waals surface area (Å²) in [5, 5.41) is 10.9. The van der Waals surface area contributed by atoms with Crippen LogP contribution in [0, 0.1) is 11.3 Å². The lowest BCUT2D eigenvalue weighted by molar-refractivity contribution is -0.143. The van der Waals surface area contributed by atoms with Crippen molar-refractivity contribution < 1.29 is 34.8 Å². The lowest BCUT2D eigenvalue weighted by Gasteiger charge is -2.14. The van der Waals surface area contributed by atoms with Gasteiger partial charge in [0.2, 0.25) is 0 Å². The minimum atomic E-state index is -5.03. The number of alkyl halides is 6. The maximum atomic E-state index is 12.7. The number of nitriles is 1. The standard InChI is InChI=1S/C14H12F6N2O2S/c1-2-3-25(23,24)12(7-21)8-22-11-5-9(13(15,16)17)4-10(6-11)14(18,19)20/h4-6,8,22H,2-3H2,1H3/b12-8+. The summed E-state index contributed by atoms with van der Waals surface area (Å²) in [6, 6.07) is 2.06. The van der Waals surface area contributed by atoms with Crippen LogP contribution < -0.4 is 5.32 Å². The van der Waals surface area contributed by atoms with Gasteiger partial charge in [0.25, 0.3) is 0 Å². The summed E-state index contributed by atoms with van der Waals surface area (Å²) >= 11 is 0. The molecule has 4 nitrogen and oxygen atoms in total. The van der Waals surface area contributed by atoms with Crippen LogP contribution in [0.1, 0.15) is 24.5 Å². The van der Waals surface area contributed by atoms with Crippen LogP contribution in [0.4, 0.5) is 32.0 Å². The Morgan fingerprint density at radius 2 is 1.60 bits per heavy atom. The van der Waals surface area contributed by atoms with Gasteiger partial charge in [-0.2, -0.15) is 31.6 Å². The molecular formula is C14H12F6N2O2S. The predicted octanol–water partition coefficient (Wildman–Crippen LogP) is 4.33. The van der Waals surface area contributed by atoms with Gasteiger partial charge in [0.15, 0.2) is 14.7 Å². The second kappa shape index (κ2) is 7.35. The second-order valence-corrected chi connectivity index (χ2v) is 6.96. The first-order valence-electron chi connectivity index (χ1n) is 6.70. The quantitative estimate of drug-likeness (QED) is 0.604. The van der Waals surface area contributed by atoms with Gasteiger partial charge in [-0.3, -0.25) is 0 Å². The molecule has 0 aromatic heterocycles. The fraction of sp³-hybridized carbons (Fsp3) is 0.357. The molecule has 138 valence electrons. The zero-order chi connectivity index (χ0) is 19.5. The molecule has 1 aromatic rings. The van der Waals surface area contributed by atoms with Crippen molar-refractivity contribution in [1.82, 2.24) is 0 Å². The molecule has 0 saturated carbocycles. The normalized spacial score (nSPS) is 13.4. The fourth-order valence-corrected chi connectivity index (χ4v) is 2.89. The molecule has 1 rings (SSSR count). The number of sulfone groups is 1. The molecule has 0 aliphatic heterocycles. The largest absolute Gasteiger partial charge is 0.416 e. The number of rotatable bonds is 5. The van der Waals surface area contributed by atoms with Crippen LogP contribution in [0.3, 0.4) is 0 Å². The SMILES string of the molecule is CCCS(=O)(=O)/C(C#N)=C/Nc1cc(C(F)(F)F)cc(C(F)(F)F)c1. The average molecular weight is 386 g/mol. The topological polar surface area (TPSA) is 70.0 Å². The molecule has 1 N–H and O–H groups in total. The third kappa shape index (κ3) is 5.67. The van der Waals surface area contributed by atoms with Crippen LogP contribution in [-0.2, 0) is 22.2 Å². The summed E-state index contributed by atoms with van der Waals surface area (Å²) in [6.07, 6.45) is -9.31. The van der Waals surface area contributed by atoms with Gasteiger partial charge in [-0.05, 0) is 24.6 Å². The first-order valence-corrected chi connectivity index (χ1v) is 8.35. The molecular weight excluding hydrogens is 374 g/mol. The third-order valence-corrected chi connectivity index (χ3v) is 4.70. The van der Waals surface area contributed by atoms with E-state index in [1.54, 1.807) is 0 Å². The number of nitrogens with zero attached hydrogens (tertiary/aromatic N) is 1. The van der Waals surface area contributed by atoms with E-state index >= 15 is 0 Å². The van der Waals surface area contributed by atoms with Crippen LogP contribution in [0.15, 0.2) is 29.3 Å². The van der Waals surface area contributed by atoms with Crippen LogP contribution in [0.25, 0.3) is 0 Å². The molecule has 0 radical (unpaired) electrons. The van der Waals surface area contributed by atoms with E-state index in [2.05, 4.69) is 0 Å². The summed E-state index contributed by atoms with van der Waals surface area (Å²) < 4.78 is 99.9. The number of benzene rings is 1. The van der Waals surface area contributed by atoms with E-state index in [1.165, 1.54) is 13.0 Å². The molecule has 0 unspecified atom stereocenters. The van der Waals surface area contributed by atoms with Crippen molar-refractivity contribution in [3.63, 3.8) is 0 Å². The van der Waals surface area contributed by atoms with E-state index in [0.717, 1.165) is 0 Å². The predicted molar refractivity (Wildman–Crippen MR) is 77.8 cm³/mol. The highest BCUT2D eigenvalue weighted by atomic mass is 32.2. The minimum absolute atomic E-state index is 0.0616. The Bertz CT molecular complexity index is 772. The monoisotopic (exact) mass is 386 g/mol. The van der Waals surface area contributed by atoms with Gasteiger partial charge < -0.3 is 5.32 Å². The number of hydrogen-bond donors (Lipinski definition) is 1. The van der Waals surface area contributed by atoms with Crippen LogP contribution in [0.5, 0.6) is 0 Å². The molecule has 0 saturated heterocycles. The molecule has 11 heteroatoms. The number of nitrogens with one attached hydrogen (secondary N) is 1. The van der Waals surface area contributed by atoms with Crippen molar-refractivity contribution in [2.24, 2.45) is 0 Å². The first-order chi connectivity index (χ1) is 11.3. The summed E-state index contributed by atoms with van der Waals surface area (Å²) in [6.45, 7) is 1.53. The molecule has 0 amide bonds. The van der Waals surface area contributed by atoms with E-state index in [4.69, 9.17) is 5.26 Å². The highest BCUT2D eigenvalue weighted by molar-refractivity contribution is 7.95. The van der Waals surface area contributed by atoms with Gasteiger partial charge >= 0.3 is 12.4 Å². The van der Waals surface area contributed by atoms with Crippen molar-refractivity contribution in [3.05, 3.63) is 40.4 Å². The second-order valence-electron chi connectivity index (χ2n) is 4.88. The lowest BCUT2D eigenvalue weighted by atomic mass is 10.1. The molecule has 0 fully saturated rings. The Kier molecular flexibility index (Phi) is 6.12. The zero-order valence-corrected chi connectivity index (χ0v) is 13.5. The Morgan fingerprint density at radius 3 is 1.96 bits per heavy atom. The van der Waals surface area contributed by atoms with Gasteiger partial charge in [0.05, 0.1) is 16.9 Å². The summed E-state index contributed by atoms with van der Waals surface area (Å²) in [4.78, 5) is -0.791. The molecule has 0 aliphatic carbocycles. The Labute approximate surface area is 139 Å². The number of anilines is 1. The molecule has 25 heavy (non-hydrogen) atoms. The van der Waals surface area contributed by atoms with Crippen molar-refractivity contribution >= 4 is 15.5 Å². The van der Waals surface area contributed by atoms with Gasteiger partial charge in [0, 0.05) is 11.9 Å². The van der Waals surface area contributed by atoms with Crippen molar-refractivity contribution in [2.75, 3.05) is 11.1 Å². The maximum Gasteiger partial charge on any atom is 0.416 e. The van der Waals surface area contributed by atoms with Crippen molar-refractivity contribution in [2.45, 2.75) is 25.7 Å². The Hall–Kier alpha value is -2.22. The third-order valence-electron chi connectivity index (χ3n) is 2.88. The average Bonchev–Trinajstić information content (AvgIpc) is 2.45. The van der Waals surface area contributed by atoms with Crippen LogP contribution in [0.2, 0.25) is 0 Å². The van der Waals surface area contributed by atoms with Gasteiger partial charge in [-0.1, -0.05) is 6.92 Å². The van der Waals surface area contributed by atoms with Crippen LogP contribution in [-0.4, -0.2) is 14.2 Å². The van der Waals surface area contributed by atoms with Crippen LogP contribution >= 0.6 is 0 Å². The van der Waals surface area contributed by atoms with Crippen molar-refractivity contribution in [3.8, 4) is 6.07 Å². The number of halogens is 6. The lowest BCUT2D eigenvalue weighted by Crippen LogP contribution is -2.12. The fourth-order valence-electron chi connectivity index (χ4n) is 1.76. The minimum Gasteiger partial charge on any atom is -0.360 e. The van der Waals surface area contributed by atoms with Gasteiger partial charge in [-0.15, -0.1) is 0 Å². The zero-order valence-electron chi connectivity index (χ0n) is 12.7. The Morgan fingerprint density at radius 1 is 1.12 bits per heavy atom. The summed E-state index contributed by atoms with van der Waals surface area (Å²) in [5.41, 5.74) is -3.78. The van der Waals surface area contributed by atoms with Crippen molar-refractivity contribution in [1.29, 1.82) is 5.26 Å². The Balaban J connectivity index is 3.34. The highest BCUT2D eigenvalue weighted by Gasteiger charge is 2.36. The highest BCUT2D eigenvalue weighted by Crippen LogP contribution is 2.37. The molecule has 0 spiro atoms. The summed E-state index contributed by atoms with van der Waals surface area (Å²) in [5.74, 6) is -0.384. The molecule has 0 aliphatic rings. The molecule has 1 aromatic carbocycles. The molecule has 0 atom stereocenters.